The minimum absolute atomic E-state index is 0.00266. The minimum Gasteiger partial charge on any atom is -0.493 e. The number of nitrogens with zero attached hydrogens (tertiary/aromatic N) is 3. The summed E-state index contributed by atoms with van der Waals surface area (Å²) in [5, 5.41) is 4.30. The van der Waals surface area contributed by atoms with E-state index in [-0.39, 0.29) is 23.4 Å². The van der Waals surface area contributed by atoms with Crippen LogP contribution in [0.25, 0.3) is 5.69 Å². The summed E-state index contributed by atoms with van der Waals surface area (Å²) >= 11 is 0. The summed E-state index contributed by atoms with van der Waals surface area (Å²) in [6.07, 6.45) is 1.42. The summed E-state index contributed by atoms with van der Waals surface area (Å²) in [5.41, 5.74) is 2.78. The number of hydrogen-bond donors (Lipinski definition) is 0. The van der Waals surface area contributed by atoms with Crippen LogP contribution < -0.4 is 9.64 Å². The molecular formula is C23H23N3O4. The van der Waals surface area contributed by atoms with Crippen LogP contribution in [0.5, 0.6) is 5.75 Å². The van der Waals surface area contributed by atoms with E-state index in [9.17, 15) is 9.59 Å². The van der Waals surface area contributed by atoms with Crippen molar-refractivity contribution in [1.82, 2.24) is 9.78 Å². The van der Waals surface area contributed by atoms with Crippen molar-refractivity contribution in [3.63, 3.8) is 0 Å². The van der Waals surface area contributed by atoms with Gasteiger partial charge in [0.2, 0.25) is 5.69 Å². The van der Waals surface area contributed by atoms with Gasteiger partial charge in [-0.1, -0.05) is 36.4 Å². The van der Waals surface area contributed by atoms with Gasteiger partial charge in [-0.05, 0) is 44.0 Å². The normalized spacial score (nSPS) is 16.1. The number of anilines is 1. The van der Waals surface area contributed by atoms with Gasteiger partial charge >= 0.3 is 5.97 Å². The first-order valence-corrected chi connectivity index (χ1v) is 9.80. The molecule has 2 heterocycles. The second kappa shape index (κ2) is 8.02. The van der Waals surface area contributed by atoms with Crippen LogP contribution in [0.15, 0.2) is 60.8 Å². The Labute approximate surface area is 174 Å². The molecule has 2 atom stereocenters. The average Bonchev–Trinajstić information content (AvgIpc) is 3.34. The van der Waals surface area contributed by atoms with Crippen molar-refractivity contribution in [3.05, 3.63) is 72.1 Å². The van der Waals surface area contributed by atoms with E-state index in [2.05, 4.69) is 5.10 Å². The summed E-state index contributed by atoms with van der Waals surface area (Å²) in [4.78, 5) is 27.5. The Kier molecular flexibility index (Phi) is 5.27. The maximum absolute atomic E-state index is 13.1. The zero-order valence-corrected chi connectivity index (χ0v) is 17.1. The fourth-order valence-corrected chi connectivity index (χ4v) is 3.73. The van der Waals surface area contributed by atoms with E-state index in [0.29, 0.717) is 0 Å². The standard InChI is InChI=1S/C23H23N3O4/c1-15-13-17-9-7-8-12-19(17)26(15)22(27)16(2)30-23(28)21-20(29-3)14-25(24-21)18-10-5-4-6-11-18/h4-12,14-16H,13H2,1-3H3/t15-,16+/m1/s1. The van der Waals surface area contributed by atoms with Crippen molar-refractivity contribution in [2.45, 2.75) is 32.4 Å². The second-order valence-electron chi connectivity index (χ2n) is 7.26. The lowest BCUT2D eigenvalue weighted by Crippen LogP contribution is -2.43. The third-order valence-corrected chi connectivity index (χ3v) is 5.19. The molecule has 1 aromatic heterocycles. The minimum atomic E-state index is -0.960. The highest BCUT2D eigenvalue weighted by atomic mass is 16.6. The Balaban J connectivity index is 1.53. The van der Waals surface area contributed by atoms with Gasteiger partial charge in [0.25, 0.3) is 5.91 Å². The highest BCUT2D eigenvalue weighted by Crippen LogP contribution is 2.32. The smallest absolute Gasteiger partial charge is 0.363 e. The number of carbonyl (C=O) groups excluding carboxylic acids is 2. The average molecular weight is 405 g/mol. The Bertz CT molecular complexity index is 1080. The number of aromatic nitrogens is 2. The summed E-state index contributed by atoms with van der Waals surface area (Å²) in [5.74, 6) is -0.687. The lowest BCUT2D eigenvalue weighted by atomic mass is 10.1. The van der Waals surface area contributed by atoms with Crippen molar-refractivity contribution in [1.29, 1.82) is 0 Å². The summed E-state index contributed by atoms with van der Waals surface area (Å²) in [6, 6.07) is 17.1. The van der Waals surface area contributed by atoms with Crippen LogP contribution in [0.3, 0.4) is 0 Å². The van der Waals surface area contributed by atoms with Crippen molar-refractivity contribution >= 4 is 17.6 Å². The van der Waals surface area contributed by atoms with E-state index in [1.165, 1.54) is 7.11 Å². The number of hydrogen-bond acceptors (Lipinski definition) is 5. The predicted molar refractivity (Wildman–Crippen MR) is 112 cm³/mol. The molecule has 0 saturated heterocycles. The van der Waals surface area contributed by atoms with Crippen LogP contribution in [0, 0.1) is 0 Å². The summed E-state index contributed by atoms with van der Waals surface area (Å²) in [6.45, 7) is 3.56. The molecule has 7 heteroatoms. The number of fused-ring (bicyclic) bond motifs is 1. The molecule has 1 amide bonds. The van der Waals surface area contributed by atoms with Gasteiger partial charge in [0.05, 0.1) is 19.0 Å². The fraction of sp³-hybridized carbons (Fsp3) is 0.261. The lowest BCUT2D eigenvalue weighted by Gasteiger charge is -2.25. The first kappa shape index (κ1) is 19.7. The second-order valence-corrected chi connectivity index (χ2v) is 7.26. The van der Waals surface area contributed by atoms with E-state index in [1.807, 2.05) is 61.5 Å². The number of carbonyl (C=O) groups is 2. The van der Waals surface area contributed by atoms with Crippen molar-refractivity contribution < 1.29 is 19.1 Å². The molecule has 0 saturated carbocycles. The SMILES string of the molecule is COc1cn(-c2ccccc2)nc1C(=O)O[C@@H](C)C(=O)N1c2ccccc2C[C@H]1C. The number of rotatable bonds is 5. The number of para-hydroxylation sites is 2. The van der Waals surface area contributed by atoms with Crippen molar-refractivity contribution in [3.8, 4) is 11.4 Å². The molecule has 0 aliphatic carbocycles. The topological polar surface area (TPSA) is 73.7 Å². The van der Waals surface area contributed by atoms with Gasteiger partial charge in [-0.2, -0.15) is 5.10 Å². The molecule has 3 aromatic rings. The Morgan fingerprint density at radius 3 is 2.53 bits per heavy atom. The van der Waals surface area contributed by atoms with Crippen LogP contribution in [0.2, 0.25) is 0 Å². The van der Waals surface area contributed by atoms with Gasteiger partial charge in [-0.25, -0.2) is 9.48 Å². The van der Waals surface area contributed by atoms with Gasteiger partial charge < -0.3 is 14.4 Å². The summed E-state index contributed by atoms with van der Waals surface area (Å²) < 4.78 is 12.3. The van der Waals surface area contributed by atoms with E-state index >= 15 is 0 Å². The molecule has 2 aromatic carbocycles. The number of amides is 1. The molecule has 0 unspecified atom stereocenters. The highest BCUT2D eigenvalue weighted by Gasteiger charge is 2.35. The molecule has 30 heavy (non-hydrogen) atoms. The molecule has 7 nitrogen and oxygen atoms in total. The van der Waals surface area contributed by atoms with E-state index in [4.69, 9.17) is 9.47 Å². The zero-order valence-electron chi connectivity index (χ0n) is 17.1. The highest BCUT2D eigenvalue weighted by molar-refractivity contribution is 6.01. The predicted octanol–water partition coefficient (Wildman–Crippen LogP) is 3.40. The number of esters is 1. The largest absolute Gasteiger partial charge is 0.493 e. The molecular weight excluding hydrogens is 382 g/mol. The zero-order chi connectivity index (χ0) is 21.3. The Morgan fingerprint density at radius 1 is 1.10 bits per heavy atom. The molecule has 1 aliphatic rings. The monoisotopic (exact) mass is 405 g/mol. The van der Waals surface area contributed by atoms with Crippen LogP contribution in [0.1, 0.15) is 29.9 Å². The molecule has 0 radical (unpaired) electrons. The molecule has 0 spiro atoms. The van der Waals surface area contributed by atoms with E-state index < -0.39 is 12.1 Å². The van der Waals surface area contributed by atoms with Crippen LogP contribution in [-0.2, 0) is 16.0 Å². The van der Waals surface area contributed by atoms with Crippen LogP contribution in [-0.4, -0.2) is 40.9 Å². The molecule has 0 bridgehead atoms. The van der Waals surface area contributed by atoms with E-state index in [0.717, 1.165) is 23.4 Å². The maximum Gasteiger partial charge on any atom is 0.363 e. The van der Waals surface area contributed by atoms with Crippen LogP contribution >= 0.6 is 0 Å². The molecule has 4 rings (SSSR count). The number of benzene rings is 2. The van der Waals surface area contributed by atoms with Gasteiger partial charge in [-0.15, -0.1) is 0 Å². The van der Waals surface area contributed by atoms with E-state index in [1.54, 1.807) is 22.7 Å². The Hall–Kier alpha value is -3.61. The van der Waals surface area contributed by atoms with Gasteiger partial charge in [0.15, 0.2) is 11.9 Å². The molecule has 154 valence electrons. The number of methoxy groups -OCH3 is 1. The summed E-state index contributed by atoms with van der Waals surface area (Å²) in [7, 11) is 1.46. The van der Waals surface area contributed by atoms with Crippen molar-refractivity contribution in [2.75, 3.05) is 12.0 Å². The van der Waals surface area contributed by atoms with Gasteiger partial charge in [0, 0.05) is 11.7 Å². The Morgan fingerprint density at radius 2 is 1.80 bits per heavy atom. The van der Waals surface area contributed by atoms with Gasteiger partial charge in [-0.3, -0.25) is 4.79 Å². The third-order valence-electron chi connectivity index (χ3n) is 5.19. The first-order valence-electron chi connectivity index (χ1n) is 9.80. The quantitative estimate of drug-likeness (QED) is 0.608. The first-order chi connectivity index (χ1) is 14.5. The fourth-order valence-electron chi connectivity index (χ4n) is 3.73. The third kappa shape index (κ3) is 3.54. The van der Waals surface area contributed by atoms with Gasteiger partial charge in [0.1, 0.15) is 0 Å². The van der Waals surface area contributed by atoms with Crippen LogP contribution in [0.4, 0.5) is 5.69 Å². The maximum atomic E-state index is 13.1. The number of ether oxygens (including phenoxy) is 2. The van der Waals surface area contributed by atoms with Crippen molar-refractivity contribution in [2.24, 2.45) is 0 Å². The molecule has 0 fully saturated rings. The molecule has 1 aliphatic heterocycles. The molecule has 0 N–H and O–H groups in total. The lowest BCUT2D eigenvalue weighted by molar-refractivity contribution is -0.126.